The molecule has 36 heavy (non-hydrogen) atoms. The summed E-state index contributed by atoms with van der Waals surface area (Å²) in [7, 11) is 9.21. The zero-order valence-corrected chi connectivity index (χ0v) is 22.6. The molecule has 10 heteroatoms. The lowest BCUT2D eigenvalue weighted by Crippen LogP contribution is -2.31. The number of carbonyl (C=O) groups excluding carboxylic acids is 1. The molecule has 3 rings (SSSR count). The molecule has 9 nitrogen and oxygen atoms in total. The van der Waals surface area contributed by atoms with Gasteiger partial charge in [-0.1, -0.05) is 17.8 Å². The number of likely N-dealkylation sites (N-methyl/N-ethyl adjacent to an activating group) is 2. The summed E-state index contributed by atoms with van der Waals surface area (Å²) < 4.78 is 16.5. The Bertz CT molecular complexity index is 1150. The Hall–Kier alpha value is -3.24. The number of methoxy groups -OCH3 is 2. The molecule has 194 valence electrons. The first kappa shape index (κ1) is 27.3. The minimum absolute atomic E-state index is 0.210. The van der Waals surface area contributed by atoms with Crippen LogP contribution in [0.3, 0.4) is 0 Å². The van der Waals surface area contributed by atoms with E-state index in [4.69, 9.17) is 18.9 Å². The van der Waals surface area contributed by atoms with Crippen LogP contribution in [0.2, 0.25) is 0 Å². The number of aryl methyl sites for hydroxylation is 1. The number of hydrogen-bond donors (Lipinski definition) is 1. The van der Waals surface area contributed by atoms with Crippen molar-refractivity contribution in [2.24, 2.45) is 0 Å². The molecule has 0 aliphatic carbocycles. The van der Waals surface area contributed by atoms with E-state index in [1.807, 2.05) is 63.3 Å². The molecule has 0 atom stereocenters. The summed E-state index contributed by atoms with van der Waals surface area (Å²) in [5, 5.41) is 3.52. The third-order valence-corrected chi connectivity index (χ3v) is 6.34. The lowest BCUT2D eigenvalue weighted by Gasteiger charge is -2.19. The SMILES string of the molecule is COc1ccc(CCN(C)c2cc(C)nc(SCc3ccc(C(=O)NCCN(C)C)o3)n2)cc1OC. The van der Waals surface area contributed by atoms with Gasteiger partial charge in [0.1, 0.15) is 11.6 Å². The zero-order chi connectivity index (χ0) is 26.1. The van der Waals surface area contributed by atoms with E-state index < -0.39 is 0 Å². The Morgan fingerprint density at radius 3 is 2.53 bits per heavy atom. The second-order valence-corrected chi connectivity index (χ2v) is 9.57. The van der Waals surface area contributed by atoms with Crippen molar-refractivity contribution >= 4 is 23.5 Å². The van der Waals surface area contributed by atoms with E-state index in [1.165, 1.54) is 11.8 Å². The number of carbonyl (C=O) groups is 1. The molecule has 1 N–H and O–H groups in total. The van der Waals surface area contributed by atoms with E-state index >= 15 is 0 Å². The molecule has 0 aliphatic rings. The van der Waals surface area contributed by atoms with Gasteiger partial charge in [-0.3, -0.25) is 4.79 Å². The molecule has 0 radical (unpaired) electrons. The van der Waals surface area contributed by atoms with Crippen LogP contribution < -0.4 is 19.7 Å². The smallest absolute Gasteiger partial charge is 0.287 e. The molecule has 0 saturated carbocycles. The third-order valence-electron chi connectivity index (χ3n) is 5.47. The molecule has 0 bridgehead atoms. The number of aromatic nitrogens is 2. The van der Waals surface area contributed by atoms with Crippen LogP contribution >= 0.6 is 11.8 Å². The summed E-state index contributed by atoms with van der Waals surface area (Å²) in [6.07, 6.45) is 0.828. The fraction of sp³-hybridized carbons (Fsp3) is 0.423. The number of ether oxygens (including phenoxy) is 2. The Labute approximate surface area is 217 Å². The highest BCUT2D eigenvalue weighted by Gasteiger charge is 2.13. The molecule has 1 aromatic carbocycles. The molecule has 0 spiro atoms. The van der Waals surface area contributed by atoms with Gasteiger partial charge in [0.05, 0.1) is 20.0 Å². The zero-order valence-electron chi connectivity index (χ0n) is 21.8. The van der Waals surface area contributed by atoms with Crippen LogP contribution in [-0.2, 0) is 12.2 Å². The number of amides is 1. The Balaban J connectivity index is 1.57. The van der Waals surface area contributed by atoms with Gasteiger partial charge in [-0.25, -0.2) is 9.97 Å². The fourth-order valence-electron chi connectivity index (χ4n) is 3.43. The minimum atomic E-state index is -0.210. The van der Waals surface area contributed by atoms with Crippen molar-refractivity contribution < 1.29 is 18.7 Å². The molecule has 0 aliphatic heterocycles. The van der Waals surface area contributed by atoms with Crippen LogP contribution in [0.15, 0.2) is 46.0 Å². The number of furan rings is 1. The van der Waals surface area contributed by atoms with Crippen molar-refractivity contribution in [1.82, 2.24) is 20.2 Å². The largest absolute Gasteiger partial charge is 0.493 e. The molecule has 3 aromatic rings. The predicted octanol–water partition coefficient (Wildman–Crippen LogP) is 3.66. The van der Waals surface area contributed by atoms with Crippen LogP contribution in [0, 0.1) is 6.92 Å². The molecular weight excluding hydrogens is 478 g/mol. The van der Waals surface area contributed by atoms with Crippen LogP contribution in [0.1, 0.15) is 27.6 Å². The number of hydrogen-bond acceptors (Lipinski definition) is 9. The maximum absolute atomic E-state index is 12.2. The second kappa shape index (κ2) is 13.2. The van der Waals surface area contributed by atoms with E-state index in [-0.39, 0.29) is 5.91 Å². The topological polar surface area (TPSA) is 93.0 Å². The average molecular weight is 514 g/mol. The lowest BCUT2D eigenvalue weighted by atomic mass is 10.1. The third kappa shape index (κ3) is 7.89. The van der Waals surface area contributed by atoms with Crippen molar-refractivity contribution in [3.8, 4) is 11.5 Å². The molecule has 2 heterocycles. The normalized spacial score (nSPS) is 11.0. The fourth-order valence-corrected chi connectivity index (χ4v) is 4.22. The van der Waals surface area contributed by atoms with E-state index in [2.05, 4.69) is 15.2 Å². The van der Waals surface area contributed by atoms with Crippen molar-refractivity contribution in [2.75, 3.05) is 59.9 Å². The van der Waals surface area contributed by atoms with E-state index in [1.54, 1.807) is 20.3 Å². The first-order valence-electron chi connectivity index (χ1n) is 11.7. The highest BCUT2D eigenvalue weighted by atomic mass is 32.2. The highest BCUT2D eigenvalue weighted by molar-refractivity contribution is 7.98. The number of rotatable bonds is 13. The van der Waals surface area contributed by atoms with Crippen molar-refractivity contribution in [3.63, 3.8) is 0 Å². The summed E-state index contributed by atoms with van der Waals surface area (Å²) in [6, 6.07) is 11.5. The molecule has 0 unspecified atom stereocenters. The van der Waals surface area contributed by atoms with Crippen LogP contribution in [0.5, 0.6) is 11.5 Å². The summed E-state index contributed by atoms with van der Waals surface area (Å²) in [4.78, 5) is 25.6. The van der Waals surface area contributed by atoms with E-state index in [9.17, 15) is 4.79 Å². The van der Waals surface area contributed by atoms with Gasteiger partial charge >= 0.3 is 0 Å². The predicted molar refractivity (Wildman–Crippen MR) is 142 cm³/mol. The first-order valence-corrected chi connectivity index (χ1v) is 12.7. The van der Waals surface area contributed by atoms with Gasteiger partial charge < -0.3 is 29.0 Å². The van der Waals surface area contributed by atoms with Crippen molar-refractivity contribution in [3.05, 3.63) is 59.2 Å². The average Bonchev–Trinajstić information content (AvgIpc) is 3.34. The van der Waals surface area contributed by atoms with Crippen LogP contribution in [0.25, 0.3) is 0 Å². The number of nitrogens with zero attached hydrogens (tertiary/aromatic N) is 4. The number of nitrogens with one attached hydrogen (secondary N) is 1. The minimum Gasteiger partial charge on any atom is -0.493 e. The Morgan fingerprint density at radius 2 is 1.81 bits per heavy atom. The highest BCUT2D eigenvalue weighted by Crippen LogP contribution is 2.28. The Morgan fingerprint density at radius 1 is 1.03 bits per heavy atom. The van der Waals surface area contributed by atoms with Gasteiger partial charge in [0.2, 0.25) is 0 Å². The standard InChI is InChI=1S/C26H35N5O4S/c1-18-15-24(31(4)13-11-19-7-9-21(33-5)23(16-19)34-6)29-26(28-18)36-17-20-8-10-22(35-20)25(32)27-12-14-30(2)3/h7-10,15-16H,11-14,17H2,1-6H3,(H,27,32). The van der Waals surface area contributed by atoms with Gasteiger partial charge in [-0.05, 0) is 57.3 Å². The number of anilines is 1. The molecule has 1 amide bonds. The van der Waals surface area contributed by atoms with Gasteiger partial charge in [0.25, 0.3) is 5.91 Å². The molecular formula is C26H35N5O4S. The van der Waals surface area contributed by atoms with Gasteiger partial charge in [0, 0.05) is 38.4 Å². The van der Waals surface area contributed by atoms with Crippen LogP contribution in [0.4, 0.5) is 5.82 Å². The quantitative estimate of drug-likeness (QED) is 0.271. The van der Waals surface area contributed by atoms with Gasteiger partial charge in [0.15, 0.2) is 22.4 Å². The molecule has 2 aromatic heterocycles. The number of benzene rings is 1. The van der Waals surface area contributed by atoms with Gasteiger partial charge in [-0.15, -0.1) is 0 Å². The van der Waals surface area contributed by atoms with Gasteiger partial charge in [-0.2, -0.15) is 0 Å². The maximum atomic E-state index is 12.2. The molecule has 0 saturated heterocycles. The van der Waals surface area contributed by atoms with E-state index in [0.717, 1.165) is 48.1 Å². The van der Waals surface area contributed by atoms with Crippen molar-refractivity contribution in [2.45, 2.75) is 24.3 Å². The summed E-state index contributed by atoms with van der Waals surface area (Å²) in [5.74, 6) is 3.63. The van der Waals surface area contributed by atoms with Crippen molar-refractivity contribution in [1.29, 1.82) is 0 Å². The number of thioether (sulfide) groups is 1. The van der Waals surface area contributed by atoms with E-state index in [0.29, 0.717) is 29.0 Å². The monoisotopic (exact) mass is 513 g/mol. The summed E-state index contributed by atoms with van der Waals surface area (Å²) in [6.45, 7) is 4.07. The first-order chi connectivity index (χ1) is 17.3. The summed E-state index contributed by atoms with van der Waals surface area (Å²) >= 11 is 1.48. The van der Waals surface area contributed by atoms with Crippen LogP contribution in [-0.4, -0.2) is 75.8 Å². The summed E-state index contributed by atoms with van der Waals surface area (Å²) in [5.41, 5.74) is 2.04. The second-order valence-electron chi connectivity index (χ2n) is 8.62. The lowest BCUT2D eigenvalue weighted by molar-refractivity contribution is 0.0922. The molecule has 0 fully saturated rings. The Kier molecular flexibility index (Phi) is 10.0. The maximum Gasteiger partial charge on any atom is 0.287 e.